The molecule has 146 valence electrons. The van der Waals surface area contributed by atoms with Gasteiger partial charge in [0.2, 0.25) is 0 Å². The molecule has 1 atom stereocenters. The fourth-order valence-electron chi connectivity index (χ4n) is 2.17. The van der Waals surface area contributed by atoms with Crippen LogP contribution in [0.3, 0.4) is 0 Å². The fraction of sp³-hybridized carbons (Fsp3) is 0.222. The van der Waals surface area contributed by atoms with Gasteiger partial charge in [-0.1, -0.05) is 48.5 Å². The van der Waals surface area contributed by atoms with Gasteiger partial charge in [0.25, 0.3) is 5.91 Å². The summed E-state index contributed by atoms with van der Waals surface area (Å²) >= 11 is 0. The highest BCUT2D eigenvalue weighted by Gasteiger charge is 2.24. The molecule has 9 heteroatoms. The first-order valence-corrected chi connectivity index (χ1v) is 8.23. The molecule has 2 aromatic rings. The maximum absolute atomic E-state index is 12.3. The number of rotatable bonds is 6. The van der Waals surface area contributed by atoms with Crippen LogP contribution in [0.1, 0.15) is 22.8 Å². The summed E-state index contributed by atoms with van der Waals surface area (Å²) in [6.45, 7) is 2.34. The van der Waals surface area contributed by atoms with Gasteiger partial charge in [-0.15, -0.1) is 0 Å². The molecular formula is C18H21BF4N2O2. The first kappa shape index (κ1) is 22.2. The molecule has 0 bridgehead atoms. The number of hydrogen-bond donors (Lipinski definition) is 2. The van der Waals surface area contributed by atoms with E-state index in [2.05, 4.69) is 5.32 Å². The van der Waals surface area contributed by atoms with Gasteiger partial charge < -0.3 is 27.3 Å². The van der Waals surface area contributed by atoms with E-state index in [4.69, 9.17) is 10.1 Å². The Morgan fingerprint density at radius 3 is 2.00 bits per heavy atom. The van der Waals surface area contributed by atoms with Gasteiger partial charge in [-0.3, -0.25) is 4.79 Å². The van der Waals surface area contributed by atoms with Crippen LogP contribution in [0.15, 0.2) is 60.7 Å². The van der Waals surface area contributed by atoms with E-state index in [0.717, 1.165) is 5.56 Å². The van der Waals surface area contributed by atoms with Crippen LogP contribution in [0.25, 0.3) is 0 Å². The highest BCUT2D eigenvalue weighted by Crippen LogP contribution is 2.07. The summed E-state index contributed by atoms with van der Waals surface area (Å²) in [7, 11) is -6.00. The molecule has 0 heterocycles. The number of nitrogens with two attached hydrogens (primary N) is 1. The molecule has 2 rings (SSSR count). The lowest BCUT2D eigenvalue weighted by Crippen LogP contribution is -2.56. The van der Waals surface area contributed by atoms with Gasteiger partial charge in [0.1, 0.15) is 0 Å². The van der Waals surface area contributed by atoms with Crippen LogP contribution in [0.4, 0.5) is 17.3 Å². The fourth-order valence-corrected chi connectivity index (χ4v) is 2.17. The number of carbonyl (C=O) groups is 1. The van der Waals surface area contributed by atoms with E-state index in [1.807, 2.05) is 55.5 Å². The molecule has 3 N–H and O–H groups in total. The van der Waals surface area contributed by atoms with E-state index in [0.29, 0.717) is 24.5 Å². The topological polar surface area (TPSA) is 63.9 Å². The van der Waals surface area contributed by atoms with Gasteiger partial charge in [-0.2, -0.15) is 0 Å². The highest BCUT2D eigenvalue weighted by atomic mass is 19.5. The molecule has 1 unspecified atom stereocenters. The monoisotopic (exact) mass is 384 g/mol. The Kier molecular flexibility index (Phi) is 9.05. The van der Waals surface area contributed by atoms with Crippen LogP contribution in [-0.2, 0) is 11.2 Å². The Morgan fingerprint density at radius 2 is 1.52 bits per heavy atom. The van der Waals surface area contributed by atoms with Crippen molar-refractivity contribution in [3.05, 3.63) is 71.8 Å². The molecule has 4 nitrogen and oxygen atoms in total. The average Bonchev–Trinajstić information content (AvgIpc) is 2.61. The third-order valence-electron chi connectivity index (χ3n) is 3.28. The molecule has 0 aromatic heterocycles. The van der Waals surface area contributed by atoms with Crippen molar-refractivity contribution >= 4 is 19.1 Å². The quantitative estimate of drug-likeness (QED) is 0.348. The molecule has 0 aliphatic carbocycles. The molecule has 0 aliphatic heterocycles. The van der Waals surface area contributed by atoms with Crippen molar-refractivity contribution in [2.75, 3.05) is 6.61 Å². The Bertz CT molecular complexity index is 706. The maximum Gasteiger partial charge on any atom is 0.673 e. The first-order chi connectivity index (χ1) is 12.7. The van der Waals surface area contributed by atoms with Crippen molar-refractivity contribution in [1.82, 2.24) is 5.32 Å². The van der Waals surface area contributed by atoms with Crippen LogP contribution in [0.5, 0.6) is 0 Å². The minimum absolute atomic E-state index is 0.163. The van der Waals surface area contributed by atoms with Crippen molar-refractivity contribution in [2.24, 2.45) is 0 Å². The summed E-state index contributed by atoms with van der Waals surface area (Å²) in [5, 5.41) is 8.92. The first-order valence-electron chi connectivity index (χ1n) is 8.23. The maximum atomic E-state index is 12.3. The zero-order chi connectivity index (χ0) is 20.3. The predicted molar refractivity (Wildman–Crippen MR) is 96.6 cm³/mol. The van der Waals surface area contributed by atoms with E-state index in [-0.39, 0.29) is 11.9 Å². The Hall–Kier alpha value is -2.84. The second kappa shape index (κ2) is 11.0. The molecular weight excluding hydrogens is 363 g/mol. The summed E-state index contributed by atoms with van der Waals surface area (Å²) in [5.74, 6) is 0.166. The minimum atomic E-state index is -6.00. The lowest BCUT2D eigenvalue weighted by Gasteiger charge is -2.16. The molecule has 0 spiro atoms. The van der Waals surface area contributed by atoms with E-state index >= 15 is 0 Å². The number of benzene rings is 2. The Morgan fingerprint density at radius 1 is 1.04 bits per heavy atom. The van der Waals surface area contributed by atoms with Gasteiger partial charge in [0, 0.05) is 12.0 Å². The van der Waals surface area contributed by atoms with E-state index in [1.54, 1.807) is 12.1 Å². The standard InChI is InChI=1S/C18H20N2O2.BF4/c1-2-22-17(19)16(13-14-9-5-3-6-10-14)20-18(21)15-11-7-4-8-12-15;2-1(3,4)5/h3-12,16,19H,2,13H2,1H3,(H,20,21);/q;-1/p+1. The Labute approximate surface area is 155 Å². The summed E-state index contributed by atoms with van der Waals surface area (Å²) in [6.07, 6.45) is 0.589. The van der Waals surface area contributed by atoms with Crippen LogP contribution >= 0.6 is 0 Å². The smallest absolute Gasteiger partial charge is 0.447 e. The molecule has 0 radical (unpaired) electrons. The lowest BCUT2D eigenvalue weighted by atomic mass is 10.1. The molecule has 2 aromatic carbocycles. The van der Waals surface area contributed by atoms with Crippen LogP contribution in [0.2, 0.25) is 0 Å². The second-order valence-electron chi connectivity index (χ2n) is 5.41. The summed E-state index contributed by atoms with van der Waals surface area (Å²) < 4.78 is 44.4. The molecule has 0 fully saturated rings. The number of hydrogen-bond acceptors (Lipinski definition) is 2. The Balaban J connectivity index is 0.000000646. The van der Waals surface area contributed by atoms with Crippen molar-refractivity contribution in [2.45, 2.75) is 19.4 Å². The normalized spacial score (nSPS) is 11.6. The van der Waals surface area contributed by atoms with Gasteiger partial charge >= 0.3 is 13.2 Å². The van der Waals surface area contributed by atoms with Gasteiger partial charge in [-0.05, 0) is 24.6 Å². The van der Waals surface area contributed by atoms with Crippen LogP contribution in [-0.4, -0.2) is 31.7 Å². The summed E-state index contributed by atoms with van der Waals surface area (Å²) in [4.78, 5) is 12.3. The van der Waals surface area contributed by atoms with Crippen molar-refractivity contribution in [1.29, 1.82) is 0 Å². The molecule has 0 aliphatic rings. The largest absolute Gasteiger partial charge is 0.673 e. The zero-order valence-corrected chi connectivity index (χ0v) is 14.7. The molecule has 0 saturated heterocycles. The molecule has 1 amide bonds. The van der Waals surface area contributed by atoms with Gasteiger partial charge in [-0.25, -0.2) is 5.41 Å². The predicted octanol–water partition coefficient (Wildman–Crippen LogP) is 2.52. The van der Waals surface area contributed by atoms with Crippen LogP contribution < -0.4 is 10.7 Å². The highest BCUT2D eigenvalue weighted by molar-refractivity contribution is 6.50. The zero-order valence-electron chi connectivity index (χ0n) is 14.7. The van der Waals surface area contributed by atoms with Crippen molar-refractivity contribution < 1.29 is 32.2 Å². The van der Waals surface area contributed by atoms with Crippen molar-refractivity contribution in [3.8, 4) is 0 Å². The van der Waals surface area contributed by atoms with Crippen LogP contribution in [0, 0.1) is 0 Å². The average molecular weight is 384 g/mol. The summed E-state index contributed by atoms with van der Waals surface area (Å²) in [5.41, 5.74) is 1.69. The van der Waals surface area contributed by atoms with Crippen molar-refractivity contribution in [3.63, 3.8) is 0 Å². The van der Waals surface area contributed by atoms with E-state index in [9.17, 15) is 22.1 Å². The SMILES string of the molecule is CCOC(=[NH2+])C(Cc1ccccc1)NC(=O)c1ccccc1.F[B-](F)(F)F. The number of ether oxygens (including phenoxy) is 1. The van der Waals surface area contributed by atoms with E-state index in [1.165, 1.54) is 0 Å². The van der Waals surface area contributed by atoms with Gasteiger partial charge in [0.15, 0.2) is 6.04 Å². The number of carbonyl (C=O) groups excluding carboxylic acids is 1. The van der Waals surface area contributed by atoms with E-state index < -0.39 is 7.25 Å². The second-order valence-corrected chi connectivity index (χ2v) is 5.41. The molecule has 0 saturated carbocycles. The third kappa shape index (κ3) is 10.0. The number of nitrogens with one attached hydrogen (secondary N) is 1. The summed E-state index contributed by atoms with van der Waals surface area (Å²) in [6, 6.07) is 18.6. The number of halogens is 4. The lowest BCUT2D eigenvalue weighted by molar-refractivity contribution is -0.145. The minimum Gasteiger partial charge on any atom is -0.447 e. The number of amides is 1. The van der Waals surface area contributed by atoms with Gasteiger partial charge in [0.05, 0.1) is 6.61 Å². The third-order valence-corrected chi connectivity index (χ3v) is 3.28. The molecule has 27 heavy (non-hydrogen) atoms.